The molecular weight excluding hydrogens is 388 g/mol. The van der Waals surface area contributed by atoms with Gasteiger partial charge in [-0.3, -0.25) is 4.79 Å². The van der Waals surface area contributed by atoms with E-state index >= 15 is 0 Å². The molecule has 3 rings (SSSR count). The Kier molecular flexibility index (Phi) is 4.75. The molecule has 27 heavy (non-hydrogen) atoms. The number of hydrogen-bond acceptors (Lipinski definition) is 8. The van der Waals surface area contributed by atoms with E-state index in [-0.39, 0.29) is 16.4 Å². The molecule has 1 aliphatic heterocycles. The number of rotatable bonds is 3. The van der Waals surface area contributed by atoms with Crippen LogP contribution in [-0.2, 0) is 19.5 Å². The molecule has 0 spiro atoms. The van der Waals surface area contributed by atoms with Crippen LogP contribution in [0.5, 0.6) is 0 Å². The van der Waals surface area contributed by atoms with Gasteiger partial charge in [-0.1, -0.05) is 25.9 Å². The summed E-state index contributed by atoms with van der Waals surface area (Å²) in [5.41, 5.74) is 0.958. The maximum absolute atomic E-state index is 13.1. The molecule has 1 amide bonds. The Balaban J connectivity index is 1.81. The summed E-state index contributed by atoms with van der Waals surface area (Å²) in [4.78, 5) is 18.1. The van der Waals surface area contributed by atoms with Crippen molar-refractivity contribution in [3.8, 4) is 0 Å². The van der Waals surface area contributed by atoms with E-state index in [1.54, 1.807) is 6.07 Å². The molecule has 1 aromatic heterocycles. The predicted molar refractivity (Wildman–Crippen MR) is 103 cm³/mol. The van der Waals surface area contributed by atoms with Crippen LogP contribution in [0.2, 0.25) is 0 Å². The Morgan fingerprint density at radius 3 is 2.48 bits per heavy atom. The van der Waals surface area contributed by atoms with Crippen LogP contribution >= 0.6 is 11.7 Å². The lowest BCUT2D eigenvalue weighted by atomic mass is 9.87. The largest absolute Gasteiger partial charge is 0.390 e. The van der Waals surface area contributed by atoms with Gasteiger partial charge in [0.25, 0.3) is 0 Å². The van der Waals surface area contributed by atoms with Gasteiger partial charge in [-0.2, -0.15) is 8.75 Å². The zero-order valence-corrected chi connectivity index (χ0v) is 17.4. The van der Waals surface area contributed by atoms with Gasteiger partial charge in [0, 0.05) is 11.8 Å². The number of nitrogens with one attached hydrogen (secondary N) is 1. The first kappa shape index (κ1) is 19.7. The van der Waals surface area contributed by atoms with Crippen LogP contribution in [-0.4, -0.2) is 39.8 Å². The van der Waals surface area contributed by atoms with Gasteiger partial charge in [0.1, 0.15) is 21.9 Å². The standard InChI is InChI=1S/C17H22N4O4S2/c1-16(2,3)13-9-14(19-25-13)18-15(22)17(4,5)27(23,24)10-6-7-11-12(8-10)21-26-20-11/h6-8,13H,9H2,1-5H3,(H,18,19,22). The van der Waals surface area contributed by atoms with E-state index < -0.39 is 20.5 Å². The Hall–Kier alpha value is -2.07. The van der Waals surface area contributed by atoms with Gasteiger partial charge in [0.2, 0.25) is 5.91 Å². The maximum Gasteiger partial charge on any atom is 0.246 e. The van der Waals surface area contributed by atoms with Crippen molar-refractivity contribution in [3.63, 3.8) is 0 Å². The fourth-order valence-electron chi connectivity index (χ4n) is 2.54. The number of hydrogen-bond donors (Lipinski definition) is 1. The minimum atomic E-state index is -3.96. The number of carbonyl (C=O) groups excluding carboxylic acids is 1. The molecule has 0 fully saturated rings. The van der Waals surface area contributed by atoms with Gasteiger partial charge in [-0.05, 0) is 32.0 Å². The number of amidine groups is 1. The molecule has 1 atom stereocenters. The van der Waals surface area contributed by atoms with Gasteiger partial charge < -0.3 is 10.2 Å². The molecule has 1 unspecified atom stereocenters. The van der Waals surface area contributed by atoms with Crippen molar-refractivity contribution in [2.24, 2.45) is 10.6 Å². The monoisotopic (exact) mass is 410 g/mol. The molecular formula is C17H22N4O4S2. The highest BCUT2D eigenvalue weighted by Crippen LogP contribution is 2.30. The fourth-order valence-corrected chi connectivity index (χ4v) is 4.46. The SMILES string of the molecule is CC(C)(C)C1CC(NC(=O)C(C)(C)S(=O)(=O)c2ccc3nsnc3c2)=NO1. The molecule has 0 radical (unpaired) electrons. The Morgan fingerprint density at radius 2 is 1.85 bits per heavy atom. The lowest BCUT2D eigenvalue weighted by Gasteiger charge is -2.25. The van der Waals surface area contributed by atoms with E-state index in [2.05, 4.69) is 19.2 Å². The molecule has 1 aliphatic rings. The maximum atomic E-state index is 13.1. The third kappa shape index (κ3) is 3.55. The van der Waals surface area contributed by atoms with Gasteiger partial charge in [-0.15, -0.1) is 0 Å². The van der Waals surface area contributed by atoms with E-state index in [4.69, 9.17) is 4.84 Å². The third-order valence-corrected chi connectivity index (χ3v) is 7.61. The number of fused-ring (bicyclic) bond motifs is 1. The van der Waals surface area contributed by atoms with E-state index in [1.165, 1.54) is 26.0 Å². The van der Waals surface area contributed by atoms with Crippen molar-refractivity contribution < 1.29 is 18.0 Å². The van der Waals surface area contributed by atoms with E-state index in [9.17, 15) is 13.2 Å². The highest BCUT2D eigenvalue weighted by atomic mass is 32.2. The average molecular weight is 411 g/mol. The molecule has 2 heterocycles. The molecule has 8 nitrogen and oxygen atoms in total. The second-order valence-corrected chi connectivity index (χ2v) is 11.1. The molecule has 0 saturated heterocycles. The average Bonchev–Trinajstić information content (AvgIpc) is 3.22. The molecule has 146 valence electrons. The summed E-state index contributed by atoms with van der Waals surface area (Å²) >= 11 is 1.01. The first-order valence-corrected chi connectivity index (χ1v) is 10.7. The van der Waals surface area contributed by atoms with Crippen molar-refractivity contribution in [2.45, 2.75) is 56.8 Å². The van der Waals surface area contributed by atoms with Gasteiger partial charge in [-0.25, -0.2) is 8.42 Å². The van der Waals surface area contributed by atoms with Crippen molar-refractivity contribution in [3.05, 3.63) is 18.2 Å². The van der Waals surface area contributed by atoms with Gasteiger partial charge in [0.05, 0.1) is 16.6 Å². The third-order valence-electron chi connectivity index (χ3n) is 4.65. The van der Waals surface area contributed by atoms with Crippen LogP contribution in [0.4, 0.5) is 0 Å². The Labute approximate surface area is 162 Å². The second-order valence-electron chi connectivity index (χ2n) is 8.08. The van der Waals surface area contributed by atoms with E-state index in [1.807, 2.05) is 20.8 Å². The van der Waals surface area contributed by atoms with Gasteiger partial charge in [0.15, 0.2) is 15.7 Å². The lowest BCUT2D eigenvalue weighted by molar-refractivity contribution is -0.121. The summed E-state index contributed by atoms with van der Waals surface area (Å²) in [5, 5.41) is 6.51. The summed E-state index contributed by atoms with van der Waals surface area (Å²) in [6.07, 6.45) is 0.244. The molecule has 10 heteroatoms. The molecule has 0 aliphatic carbocycles. The number of oxime groups is 1. The summed E-state index contributed by atoms with van der Waals surface area (Å²) in [6, 6.07) is 4.47. The molecule has 0 saturated carbocycles. The number of aromatic nitrogens is 2. The number of benzene rings is 1. The smallest absolute Gasteiger partial charge is 0.246 e. The van der Waals surface area contributed by atoms with Crippen molar-refractivity contribution >= 4 is 44.3 Å². The predicted octanol–water partition coefficient (Wildman–Crippen LogP) is 2.51. The van der Waals surface area contributed by atoms with Crippen LogP contribution < -0.4 is 5.32 Å². The second kappa shape index (κ2) is 6.52. The van der Waals surface area contributed by atoms with Crippen molar-refractivity contribution in [1.82, 2.24) is 14.1 Å². The number of carbonyl (C=O) groups is 1. The minimum absolute atomic E-state index is 0.0278. The minimum Gasteiger partial charge on any atom is -0.390 e. The van der Waals surface area contributed by atoms with Crippen LogP contribution in [0.1, 0.15) is 41.0 Å². The Bertz CT molecular complexity index is 1020. The first-order chi connectivity index (χ1) is 12.4. The zero-order valence-electron chi connectivity index (χ0n) is 15.8. The van der Waals surface area contributed by atoms with Crippen molar-refractivity contribution in [2.75, 3.05) is 0 Å². The van der Waals surface area contributed by atoms with Crippen molar-refractivity contribution in [1.29, 1.82) is 0 Å². The summed E-state index contributed by atoms with van der Waals surface area (Å²) in [7, 11) is -3.96. The topological polar surface area (TPSA) is 111 Å². The number of amides is 1. The molecule has 0 bridgehead atoms. The van der Waals surface area contributed by atoms with Crippen LogP contribution in [0.15, 0.2) is 28.3 Å². The summed E-state index contributed by atoms with van der Waals surface area (Å²) in [5.74, 6) is -0.321. The van der Waals surface area contributed by atoms with E-state index in [0.29, 0.717) is 23.3 Å². The normalized spacial score (nSPS) is 18.3. The Morgan fingerprint density at radius 1 is 1.19 bits per heavy atom. The quantitative estimate of drug-likeness (QED) is 0.832. The summed E-state index contributed by atoms with van der Waals surface area (Å²) < 4.78 is 32.6. The molecule has 1 N–H and O–H groups in total. The number of nitrogens with zero attached hydrogens (tertiary/aromatic N) is 3. The van der Waals surface area contributed by atoms with Gasteiger partial charge >= 0.3 is 0 Å². The number of sulfone groups is 1. The van der Waals surface area contributed by atoms with Crippen LogP contribution in [0.3, 0.4) is 0 Å². The fraction of sp³-hybridized carbons (Fsp3) is 0.529. The molecule has 1 aromatic carbocycles. The van der Waals surface area contributed by atoms with E-state index in [0.717, 1.165) is 11.7 Å². The first-order valence-electron chi connectivity index (χ1n) is 8.44. The summed E-state index contributed by atoms with van der Waals surface area (Å²) in [6.45, 7) is 8.78. The highest BCUT2D eigenvalue weighted by molar-refractivity contribution is 7.93. The van der Waals surface area contributed by atoms with Crippen LogP contribution in [0.25, 0.3) is 11.0 Å². The highest BCUT2D eigenvalue weighted by Gasteiger charge is 2.44. The lowest BCUT2D eigenvalue weighted by Crippen LogP contribution is -2.49. The zero-order chi connectivity index (χ0) is 20.0. The molecule has 2 aromatic rings. The van der Waals surface area contributed by atoms with Crippen LogP contribution in [0, 0.1) is 5.41 Å².